The molecule has 0 heterocycles. The molecule has 7 aromatic rings. The second-order valence-corrected chi connectivity index (χ2v) is 12.9. The van der Waals surface area contributed by atoms with Gasteiger partial charge in [-0.2, -0.15) is 0 Å². The van der Waals surface area contributed by atoms with Gasteiger partial charge >= 0.3 is 0 Å². The summed E-state index contributed by atoms with van der Waals surface area (Å²) in [4.78, 5) is 0. The molecular weight excluding hydrogens is 540 g/mol. The Morgan fingerprint density at radius 1 is 0.422 bits per heavy atom. The minimum Gasteiger partial charge on any atom is -0.0622 e. The van der Waals surface area contributed by atoms with Crippen LogP contribution in [0.25, 0.3) is 55.3 Å². The molecule has 216 valence electrons. The molecule has 7 aromatic carbocycles. The Labute approximate surface area is 266 Å². The van der Waals surface area contributed by atoms with Gasteiger partial charge in [0, 0.05) is 5.41 Å². The maximum atomic E-state index is 2.32. The van der Waals surface area contributed by atoms with Crippen molar-refractivity contribution in [3.8, 4) is 44.5 Å². The zero-order chi connectivity index (χ0) is 30.5. The van der Waals surface area contributed by atoms with Crippen molar-refractivity contribution in [1.82, 2.24) is 0 Å². The van der Waals surface area contributed by atoms with Gasteiger partial charge in [0.1, 0.15) is 0 Å². The molecule has 45 heavy (non-hydrogen) atoms. The van der Waals surface area contributed by atoms with E-state index in [0.717, 1.165) is 6.42 Å². The van der Waals surface area contributed by atoms with E-state index in [9.17, 15) is 0 Å². The second-order valence-electron chi connectivity index (χ2n) is 12.9. The van der Waals surface area contributed by atoms with Crippen LogP contribution < -0.4 is 0 Å². The van der Waals surface area contributed by atoms with Gasteiger partial charge in [-0.05, 0) is 96.4 Å². The summed E-state index contributed by atoms with van der Waals surface area (Å²) in [5.41, 5.74) is 18.2. The molecule has 0 radical (unpaired) electrons. The van der Waals surface area contributed by atoms with E-state index in [1.165, 1.54) is 83.1 Å². The number of rotatable bonds is 3. The van der Waals surface area contributed by atoms with Crippen LogP contribution in [0.3, 0.4) is 0 Å². The molecule has 2 aliphatic carbocycles. The lowest BCUT2D eigenvalue weighted by molar-refractivity contribution is 0.660. The molecule has 0 unspecified atom stereocenters. The van der Waals surface area contributed by atoms with Gasteiger partial charge in [0.2, 0.25) is 0 Å². The Balaban J connectivity index is 0.000000159. The average molecular weight is 577 g/mol. The molecule has 0 spiro atoms. The molecule has 0 bridgehead atoms. The molecule has 0 saturated heterocycles. The van der Waals surface area contributed by atoms with Crippen LogP contribution >= 0.6 is 0 Å². The third kappa shape index (κ3) is 4.44. The fraction of sp³-hybridized carbons (Fsp3) is 0.111. The van der Waals surface area contributed by atoms with E-state index in [0.29, 0.717) is 0 Å². The van der Waals surface area contributed by atoms with Gasteiger partial charge in [0.25, 0.3) is 0 Å². The number of hydrogen-bond donors (Lipinski definition) is 0. The zero-order valence-corrected chi connectivity index (χ0v) is 26.1. The van der Waals surface area contributed by atoms with Crippen molar-refractivity contribution in [3.63, 3.8) is 0 Å². The summed E-state index contributed by atoms with van der Waals surface area (Å²) in [6, 6.07) is 55.0. The molecule has 9 rings (SSSR count). The minimum atomic E-state index is 0.151. The highest BCUT2D eigenvalue weighted by atomic mass is 14.4. The average Bonchev–Trinajstić information content (AvgIpc) is 3.54. The SMILES string of the molecule is Cc1cccc2c1-c1ccccc1C2(C)C.c1ccc(-c2ccccc2Cc2ccc3cccc4c3c2-c2ccccc2-4)cc1. The van der Waals surface area contributed by atoms with E-state index in [1.807, 2.05) is 0 Å². The number of fused-ring (bicyclic) bond motifs is 6. The molecule has 0 atom stereocenters. The van der Waals surface area contributed by atoms with Crippen molar-refractivity contribution in [2.24, 2.45) is 0 Å². The predicted molar refractivity (Wildman–Crippen MR) is 192 cm³/mol. The van der Waals surface area contributed by atoms with Crippen molar-refractivity contribution < 1.29 is 0 Å². The maximum absolute atomic E-state index is 2.32. The van der Waals surface area contributed by atoms with Gasteiger partial charge in [-0.3, -0.25) is 0 Å². The lowest BCUT2D eigenvalue weighted by atomic mass is 9.82. The van der Waals surface area contributed by atoms with Gasteiger partial charge in [-0.1, -0.05) is 166 Å². The largest absolute Gasteiger partial charge is 0.0622 e. The second kappa shape index (κ2) is 10.8. The predicted octanol–water partition coefficient (Wildman–Crippen LogP) is 12.0. The molecule has 0 N–H and O–H groups in total. The third-order valence-corrected chi connectivity index (χ3v) is 9.92. The van der Waals surface area contributed by atoms with E-state index in [1.54, 1.807) is 0 Å². The summed E-state index contributed by atoms with van der Waals surface area (Å²) in [6.45, 7) is 6.84. The van der Waals surface area contributed by atoms with Gasteiger partial charge < -0.3 is 0 Å². The number of aryl methyl sites for hydroxylation is 1. The monoisotopic (exact) mass is 576 g/mol. The van der Waals surface area contributed by atoms with E-state index >= 15 is 0 Å². The van der Waals surface area contributed by atoms with Crippen LogP contribution in [0.5, 0.6) is 0 Å². The molecular formula is C45H36. The first-order chi connectivity index (χ1) is 22.0. The molecule has 0 fully saturated rings. The van der Waals surface area contributed by atoms with Crippen molar-refractivity contribution >= 4 is 10.8 Å². The van der Waals surface area contributed by atoms with Crippen LogP contribution in [0.2, 0.25) is 0 Å². The zero-order valence-electron chi connectivity index (χ0n) is 26.1. The van der Waals surface area contributed by atoms with Gasteiger partial charge in [0.15, 0.2) is 0 Å². The van der Waals surface area contributed by atoms with Gasteiger partial charge in [-0.25, -0.2) is 0 Å². The highest BCUT2D eigenvalue weighted by Gasteiger charge is 2.35. The minimum absolute atomic E-state index is 0.151. The first kappa shape index (κ1) is 27.4. The Bertz CT molecular complexity index is 2210. The summed E-state index contributed by atoms with van der Waals surface area (Å²) < 4.78 is 0. The standard InChI is InChI=1S/C29H20.C16H16/c1-2-9-20(10-3-1)24-13-5-4-11-22(24)19-23-18-17-21-12-8-16-27-25-14-6-7-15-26(25)29(23)28(21)27;1-11-7-6-10-14-15(11)12-8-4-5-9-13(12)16(14,2)3/h1-18H,19H2;4-10H,1-3H3. The van der Waals surface area contributed by atoms with E-state index in [2.05, 4.69) is 172 Å². The molecule has 0 saturated carbocycles. The Kier molecular flexibility index (Phi) is 6.54. The number of hydrogen-bond acceptors (Lipinski definition) is 0. The lowest BCUT2D eigenvalue weighted by Gasteiger charge is -2.21. The molecule has 0 amide bonds. The van der Waals surface area contributed by atoms with Crippen LogP contribution in [-0.4, -0.2) is 0 Å². The first-order valence-corrected chi connectivity index (χ1v) is 16.0. The van der Waals surface area contributed by atoms with Gasteiger partial charge in [0.05, 0.1) is 0 Å². The summed E-state index contributed by atoms with van der Waals surface area (Å²) in [5.74, 6) is 0. The molecule has 0 heteroatoms. The van der Waals surface area contributed by atoms with Crippen molar-refractivity contribution in [2.45, 2.75) is 32.6 Å². The van der Waals surface area contributed by atoms with E-state index in [-0.39, 0.29) is 5.41 Å². The molecule has 0 nitrogen and oxygen atoms in total. The van der Waals surface area contributed by atoms with Crippen LogP contribution in [0.4, 0.5) is 0 Å². The third-order valence-electron chi connectivity index (χ3n) is 9.92. The smallest absolute Gasteiger partial charge is 0.0158 e. The summed E-state index contributed by atoms with van der Waals surface area (Å²) in [5, 5.41) is 2.73. The topological polar surface area (TPSA) is 0 Å². The Morgan fingerprint density at radius 2 is 1.04 bits per heavy atom. The normalized spacial score (nSPS) is 13.0. The van der Waals surface area contributed by atoms with Crippen LogP contribution in [-0.2, 0) is 11.8 Å². The van der Waals surface area contributed by atoms with Gasteiger partial charge in [-0.15, -0.1) is 0 Å². The van der Waals surface area contributed by atoms with Crippen molar-refractivity contribution in [3.05, 3.63) is 179 Å². The highest BCUT2D eigenvalue weighted by Crippen LogP contribution is 2.50. The first-order valence-electron chi connectivity index (χ1n) is 16.0. The highest BCUT2D eigenvalue weighted by molar-refractivity contribution is 6.16. The Morgan fingerprint density at radius 3 is 1.87 bits per heavy atom. The number of benzene rings is 7. The van der Waals surface area contributed by atoms with Crippen molar-refractivity contribution in [2.75, 3.05) is 0 Å². The van der Waals surface area contributed by atoms with Crippen LogP contribution in [0.1, 0.15) is 41.7 Å². The summed E-state index contributed by atoms with van der Waals surface area (Å²) in [7, 11) is 0. The molecule has 0 aliphatic heterocycles. The van der Waals surface area contributed by atoms with E-state index < -0.39 is 0 Å². The Hall–Kier alpha value is -5.20. The summed E-state index contributed by atoms with van der Waals surface area (Å²) >= 11 is 0. The van der Waals surface area contributed by atoms with E-state index in [4.69, 9.17) is 0 Å². The fourth-order valence-corrected chi connectivity index (χ4v) is 7.75. The van der Waals surface area contributed by atoms with Crippen molar-refractivity contribution in [1.29, 1.82) is 0 Å². The summed E-state index contributed by atoms with van der Waals surface area (Å²) in [6.07, 6.45) is 0.930. The van der Waals surface area contributed by atoms with Crippen LogP contribution in [0.15, 0.2) is 152 Å². The molecule has 2 aliphatic rings. The lowest BCUT2D eigenvalue weighted by Crippen LogP contribution is -2.14. The molecule has 0 aromatic heterocycles. The maximum Gasteiger partial charge on any atom is 0.0158 e. The van der Waals surface area contributed by atoms with Crippen LogP contribution in [0, 0.1) is 6.92 Å². The fourth-order valence-electron chi connectivity index (χ4n) is 7.75. The quantitative estimate of drug-likeness (QED) is 0.196.